The molecule has 1 rings (SSSR count). The first kappa shape index (κ1) is 18.0. The number of rotatable bonds is 7. The van der Waals surface area contributed by atoms with E-state index >= 15 is 0 Å². The molecule has 3 nitrogen and oxygen atoms in total. The van der Waals surface area contributed by atoms with Crippen molar-refractivity contribution in [1.29, 1.82) is 0 Å². The van der Waals surface area contributed by atoms with Gasteiger partial charge in [0.05, 0.1) is 4.90 Å². The van der Waals surface area contributed by atoms with Crippen LogP contribution in [0.15, 0.2) is 21.5 Å². The fraction of sp³-hybridized carbons (Fsp3) is 0.571. The summed E-state index contributed by atoms with van der Waals surface area (Å²) in [5, 5.41) is 0. The Morgan fingerprint density at radius 1 is 1.30 bits per heavy atom. The Balaban J connectivity index is 3.11. The van der Waals surface area contributed by atoms with Crippen LogP contribution in [0.2, 0.25) is 0 Å². The second kappa shape index (κ2) is 7.78. The van der Waals surface area contributed by atoms with E-state index in [9.17, 15) is 8.42 Å². The molecular formula is C14H21BrClNO2S. The van der Waals surface area contributed by atoms with Gasteiger partial charge in [0.2, 0.25) is 10.0 Å². The molecule has 0 saturated carbocycles. The van der Waals surface area contributed by atoms with Crippen LogP contribution in [0, 0.1) is 6.92 Å². The van der Waals surface area contributed by atoms with Gasteiger partial charge < -0.3 is 0 Å². The van der Waals surface area contributed by atoms with E-state index in [0.29, 0.717) is 21.8 Å². The second-order valence-corrected chi connectivity index (χ2v) is 7.97. The van der Waals surface area contributed by atoms with E-state index in [0.717, 1.165) is 30.4 Å². The monoisotopic (exact) mass is 381 g/mol. The van der Waals surface area contributed by atoms with E-state index in [2.05, 4.69) is 22.9 Å². The van der Waals surface area contributed by atoms with Gasteiger partial charge in [0.1, 0.15) is 0 Å². The van der Waals surface area contributed by atoms with Crippen molar-refractivity contribution in [1.82, 2.24) is 4.31 Å². The van der Waals surface area contributed by atoms with Crippen molar-refractivity contribution in [2.24, 2.45) is 0 Å². The van der Waals surface area contributed by atoms with Crippen molar-refractivity contribution < 1.29 is 8.42 Å². The predicted octanol–water partition coefficient (Wildman–Crippen LogP) is 4.31. The molecule has 0 spiro atoms. The molecule has 0 unspecified atom stereocenters. The summed E-state index contributed by atoms with van der Waals surface area (Å²) in [4.78, 5) is 0.298. The van der Waals surface area contributed by atoms with Gasteiger partial charge in [-0.25, -0.2) is 12.7 Å². The highest BCUT2D eigenvalue weighted by molar-refractivity contribution is 9.10. The molecule has 0 aliphatic heterocycles. The molecule has 6 heteroatoms. The average Bonchev–Trinajstić information content (AvgIpc) is 2.41. The normalized spacial score (nSPS) is 12.1. The predicted molar refractivity (Wildman–Crippen MR) is 87.8 cm³/mol. The minimum absolute atomic E-state index is 0.298. The molecule has 0 aliphatic rings. The Morgan fingerprint density at radius 3 is 2.50 bits per heavy atom. The van der Waals surface area contributed by atoms with Crippen molar-refractivity contribution in [3.05, 3.63) is 27.7 Å². The van der Waals surface area contributed by atoms with Crippen LogP contribution in [0.25, 0.3) is 0 Å². The molecule has 20 heavy (non-hydrogen) atoms. The van der Waals surface area contributed by atoms with Gasteiger partial charge >= 0.3 is 0 Å². The van der Waals surface area contributed by atoms with Crippen LogP contribution >= 0.6 is 27.5 Å². The Morgan fingerprint density at radius 2 is 1.95 bits per heavy atom. The summed E-state index contributed by atoms with van der Waals surface area (Å²) in [5.74, 6) is 0.302. The van der Waals surface area contributed by atoms with Crippen molar-refractivity contribution in [2.45, 2.75) is 43.9 Å². The summed E-state index contributed by atoms with van der Waals surface area (Å²) in [5.41, 5.74) is 1.69. The van der Waals surface area contributed by atoms with Crippen LogP contribution in [0.3, 0.4) is 0 Å². The maximum atomic E-state index is 12.6. The van der Waals surface area contributed by atoms with Crippen LogP contribution in [0.5, 0.6) is 0 Å². The Bertz CT molecular complexity index is 561. The number of halogens is 2. The molecule has 0 amide bonds. The smallest absolute Gasteiger partial charge is 0.207 e. The molecular weight excluding hydrogens is 362 g/mol. The third kappa shape index (κ3) is 4.20. The lowest BCUT2D eigenvalue weighted by Gasteiger charge is -2.19. The number of nitrogens with zero attached hydrogens (tertiary/aromatic N) is 1. The molecule has 0 aromatic heterocycles. The zero-order valence-electron chi connectivity index (χ0n) is 12.1. The van der Waals surface area contributed by atoms with Crippen LogP contribution < -0.4 is 0 Å². The SMILES string of the molecule is CCCCCN(C)S(=O)(=O)c1cc(CCl)cc(C)c1Br. The zero-order chi connectivity index (χ0) is 15.3. The van der Waals surface area contributed by atoms with Crippen LogP contribution in [-0.4, -0.2) is 26.3 Å². The Kier molecular flexibility index (Phi) is 6.98. The molecule has 0 fully saturated rings. The Labute approximate surface area is 135 Å². The van der Waals surface area contributed by atoms with Crippen molar-refractivity contribution >= 4 is 37.6 Å². The van der Waals surface area contributed by atoms with Crippen LogP contribution in [0.1, 0.15) is 37.3 Å². The first-order valence-corrected chi connectivity index (χ1v) is 9.42. The molecule has 0 radical (unpaired) electrons. The van der Waals surface area contributed by atoms with E-state index in [4.69, 9.17) is 11.6 Å². The number of aryl methyl sites for hydroxylation is 1. The lowest BCUT2D eigenvalue weighted by atomic mass is 10.2. The first-order chi connectivity index (χ1) is 9.34. The summed E-state index contributed by atoms with van der Waals surface area (Å²) in [7, 11) is -1.85. The molecule has 1 aromatic carbocycles. The summed E-state index contributed by atoms with van der Waals surface area (Å²) in [6, 6.07) is 3.54. The van der Waals surface area contributed by atoms with Crippen LogP contribution in [-0.2, 0) is 15.9 Å². The number of hydrogen-bond acceptors (Lipinski definition) is 2. The van der Waals surface area contributed by atoms with E-state index < -0.39 is 10.0 Å². The maximum Gasteiger partial charge on any atom is 0.243 e. The summed E-state index contributed by atoms with van der Waals surface area (Å²) >= 11 is 9.21. The molecule has 0 N–H and O–H groups in total. The number of unbranched alkanes of at least 4 members (excludes halogenated alkanes) is 2. The van der Waals surface area contributed by atoms with E-state index in [1.165, 1.54) is 4.31 Å². The summed E-state index contributed by atoms with van der Waals surface area (Å²) < 4.78 is 27.3. The fourth-order valence-electron chi connectivity index (χ4n) is 1.95. The highest BCUT2D eigenvalue weighted by Crippen LogP contribution is 2.29. The number of alkyl halides is 1. The standard InChI is InChI=1S/C14H21BrClNO2S/c1-4-5-6-7-17(3)20(18,19)13-9-12(10-16)8-11(2)14(13)15/h8-9H,4-7,10H2,1-3H3. The lowest BCUT2D eigenvalue weighted by molar-refractivity contribution is 0.454. The molecule has 0 atom stereocenters. The van der Waals surface area contributed by atoms with Crippen molar-refractivity contribution in [3.8, 4) is 0 Å². The molecule has 0 heterocycles. The minimum Gasteiger partial charge on any atom is -0.207 e. The maximum absolute atomic E-state index is 12.6. The van der Waals surface area contributed by atoms with Gasteiger partial charge in [-0.05, 0) is 46.5 Å². The highest BCUT2D eigenvalue weighted by Gasteiger charge is 2.24. The third-order valence-corrected chi connectivity index (χ3v) is 6.70. The first-order valence-electron chi connectivity index (χ1n) is 6.66. The van der Waals surface area contributed by atoms with Gasteiger partial charge in [0, 0.05) is 23.9 Å². The van der Waals surface area contributed by atoms with Gasteiger partial charge in [-0.15, -0.1) is 11.6 Å². The van der Waals surface area contributed by atoms with Gasteiger partial charge in [0.25, 0.3) is 0 Å². The second-order valence-electron chi connectivity index (χ2n) is 4.89. The molecule has 0 saturated heterocycles. The average molecular weight is 383 g/mol. The molecule has 0 bridgehead atoms. The number of sulfonamides is 1. The third-order valence-electron chi connectivity index (χ3n) is 3.20. The highest BCUT2D eigenvalue weighted by atomic mass is 79.9. The Hall–Kier alpha value is -0.100. The van der Waals surface area contributed by atoms with Crippen molar-refractivity contribution in [3.63, 3.8) is 0 Å². The summed E-state index contributed by atoms with van der Waals surface area (Å²) in [6.07, 6.45) is 2.97. The van der Waals surface area contributed by atoms with E-state index in [1.54, 1.807) is 13.1 Å². The van der Waals surface area contributed by atoms with Gasteiger partial charge in [0.15, 0.2) is 0 Å². The molecule has 1 aromatic rings. The summed E-state index contributed by atoms with van der Waals surface area (Å²) in [6.45, 7) is 4.50. The minimum atomic E-state index is -3.48. The van der Waals surface area contributed by atoms with Gasteiger partial charge in [-0.3, -0.25) is 0 Å². The number of hydrogen-bond donors (Lipinski definition) is 0. The topological polar surface area (TPSA) is 37.4 Å². The number of benzene rings is 1. The van der Waals surface area contributed by atoms with Gasteiger partial charge in [-0.1, -0.05) is 25.8 Å². The molecule has 114 valence electrons. The largest absolute Gasteiger partial charge is 0.243 e. The van der Waals surface area contributed by atoms with Crippen molar-refractivity contribution in [2.75, 3.05) is 13.6 Å². The van der Waals surface area contributed by atoms with E-state index in [1.807, 2.05) is 13.0 Å². The van der Waals surface area contributed by atoms with Crippen LogP contribution in [0.4, 0.5) is 0 Å². The molecule has 0 aliphatic carbocycles. The zero-order valence-corrected chi connectivity index (χ0v) is 15.3. The fourth-order valence-corrected chi connectivity index (χ4v) is 4.34. The van der Waals surface area contributed by atoms with E-state index in [-0.39, 0.29) is 0 Å². The quantitative estimate of drug-likeness (QED) is 0.520. The lowest BCUT2D eigenvalue weighted by Crippen LogP contribution is -2.28. The van der Waals surface area contributed by atoms with Gasteiger partial charge in [-0.2, -0.15) is 0 Å².